The summed E-state index contributed by atoms with van der Waals surface area (Å²) in [5.74, 6) is 0. The van der Waals surface area contributed by atoms with Crippen LogP contribution in [0.3, 0.4) is 0 Å². The first-order valence-electron chi connectivity index (χ1n) is 4.36. The van der Waals surface area contributed by atoms with Crippen molar-refractivity contribution in [2.75, 3.05) is 0 Å². The van der Waals surface area contributed by atoms with E-state index in [2.05, 4.69) is 6.58 Å². The number of rotatable bonds is 0. The molecule has 0 aromatic heterocycles. The molecule has 1 atom stereocenters. The van der Waals surface area contributed by atoms with Gasteiger partial charge in [-0.2, -0.15) is 0 Å². The zero-order valence-corrected chi connectivity index (χ0v) is 9.67. The smallest absolute Gasteiger partial charge is 0.129 e. The van der Waals surface area contributed by atoms with Crippen LogP contribution in [0.2, 0.25) is 5.02 Å². The Morgan fingerprint density at radius 1 is 1.50 bits per heavy atom. The minimum absolute atomic E-state index is 0.539. The third kappa shape index (κ3) is 1.29. The lowest BCUT2D eigenvalue weighted by atomic mass is 9.98. The van der Waals surface area contributed by atoms with Crippen molar-refractivity contribution in [3.63, 3.8) is 0 Å². The molecule has 0 saturated carbocycles. The number of aliphatic hydroxyl groups is 1. The van der Waals surface area contributed by atoms with Crippen LogP contribution in [0.25, 0.3) is 5.57 Å². The van der Waals surface area contributed by atoms with E-state index in [4.69, 9.17) is 11.6 Å². The van der Waals surface area contributed by atoms with Crippen LogP contribution in [0.15, 0.2) is 17.5 Å². The van der Waals surface area contributed by atoms with Crippen molar-refractivity contribution in [2.45, 2.75) is 24.2 Å². The van der Waals surface area contributed by atoms with Crippen LogP contribution in [-0.2, 0) is 0 Å². The highest BCUT2D eigenvalue weighted by Crippen LogP contribution is 2.48. The molecule has 0 saturated heterocycles. The molecule has 1 aromatic carbocycles. The highest BCUT2D eigenvalue weighted by atomic mass is 35.5. The van der Waals surface area contributed by atoms with Crippen molar-refractivity contribution in [2.24, 2.45) is 0 Å². The third-order valence-corrected chi connectivity index (χ3v) is 4.18. The van der Waals surface area contributed by atoms with E-state index in [9.17, 15) is 5.11 Å². The van der Waals surface area contributed by atoms with E-state index in [0.29, 0.717) is 5.02 Å². The molecule has 1 nitrogen and oxygen atoms in total. The van der Waals surface area contributed by atoms with Crippen molar-refractivity contribution in [1.29, 1.82) is 0 Å². The summed E-state index contributed by atoms with van der Waals surface area (Å²) in [7, 11) is 0. The van der Waals surface area contributed by atoms with Crippen molar-refractivity contribution in [3.05, 3.63) is 34.4 Å². The third-order valence-electron chi connectivity index (χ3n) is 2.60. The molecule has 0 amide bonds. The van der Waals surface area contributed by atoms with Gasteiger partial charge in [0.05, 0.1) is 5.02 Å². The second-order valence-electron chi connectivity index (χ2n) is 3.50. The Bertz CT molecular complexity index is 426. The Morgan fingerprint density at radius 2 is 2.14 bits per heavy atom. The number of aryl methyl sites for hydroxylation is 1. The number of hydrogen-bond acceptors (Lipinski definition) is 2. The van der Waals surface area contributed by atoms with Crippen LogP contribution in [0, 0.1) is 13.8 Å². The molecule has 1 aliphatic rings. The Kier molecular flexibility index (Phi) is 2.38. The van der Waals surface area contributed by atoms with E-state index in [1.54, 1.807) is 0 Å². The molecule has 1 N–H and O–H groups in total. The van der Waals surface area contributed by atoms with Gasteiger partial charge in [0, 0.05) is 4.90 Å². The van der Waals surface area contributed by atoms with Crippen molar-refractivity contribution in [1.82, 2.24) is 0 Å². The molecule has 74 valence electrons. The summed E-state index contributed by atoms with van der Waals surface area (Å²) in [5.41, 5.74) is 3.58. The Labute approximate surface area is 92.8 Å². The van der Waals surface area contributed by atoms with Gasteiger partial charge in [0.2, 0.25) is 0 Å². The maximum atomic E-state index is 9.66. The number of aliphatic hydroxyl groups excluding tert-OH is 1. The van der Waals surface area contributed by atoms with Crippen molar-refractivity contribution >= 4 is 28.9 Å². The average Bonchev–Trinajstić information content (AvgIpc) is 2.41. The van der Waals surface area contributed by atoms with E-state index in [-0.39, 0.29) is 0 Å². The van der Waals surface area contributed by atoms with Crippen LogP contribution in [0.1, 0.15) is 16.7 Å². The van der Waals surface area contributed by atoms with Gasteiger partial charge in [-0.25, -0.2) is 0 Å². The molecular weight excluding hydrogens is 216 g/mol. The van der Waals surface area contributed by atoms with Gasteiger partial charge in [-0.3, -0.25) is 0 Å². The second-order valence-corrected chi connectivity index (χ2v) is 5.00. The minimum Gasteiger partial charge on any atom is -0.378 e. The molecule has 1 heterocycles. The van der Waals surface area contributed by atoms with Gasteiger partial charge in [-0.15, -0.1) is 0 Å². The van der Waals surface area contributed by atoms with Crippen LogP contribution < -0.4 is 0 Å². The number of hydrogen-bond donors (Lipinski definition) is 1. The van der Waals surface area contributed by atoms with Crippen molar-refractivity contribution < 1.29 is 5.11 Å². The zero-order chi connectivity index (χ0) is 10.5. The lowest BCUT2D eigenvalue weighted by Gasteiger charge is -2.09. The van der Waals surface area contributed by atoms with Gasteiger partial charge < -0.3 is 5.11 Å². The number of fused-ring (bicyclic) bond motifs is 1. The molecule has 14 heavy (non-hydrogen) atoms. The highest BCUT2D eigenvalue weighted by molar-refractivity contribution is 8.00. The molecule has 0 bridgehead atoms. The van der Waals surface area contributed by atoms with Gasteiger partial charge in [0.1, 0.15) is 5.44 Å². The van der Waals surface area contributed by atoms with Gasteiger partial charge in [0.15, 0.2) is 0 Å². The molecule has 3 heteroatoms. The van der Waals surface area contributed by atoms with Gasteiger partial charge in [0.25, 0.3) is 0 Å². The molecule has 0 spiro atoms. The Balaban J connectivity index is 2.74. The topological polar surface area (TPSA) is 20.2 Å². The lowest BCUT2D eigenvalue weighted by Crippen LogP contribution is -1.96. The van der Waals surface area contributed by atoms with E-state index < -0.39 is 5.44 Å². The van der Waals surface area contributed by atoms with Gasteiger partial charge in [-0.05, 0) is 42.2 Å². The Morgan fingerprint density at radius 3 is 2.79 bits per heavy atom. The average molecular weight is 227 g/mol. The number of thioether (sulfide) groups is 1. The normalized spacial score (nSPS) is 20.0. The van der Waals surface area contributed by atoms with E-state index in [1.807, 2.05) is 19.9 Å². The van der Waals surface area contributed by atoms with Crippen LogP contribution >= 0.6 is 23.4 Å². The first kappa shape index (κ1) is 10.1. The summed E-state index contributed by atoms with van der Waals surface area (Å²) in [6.45, 7) is 7.94. The molecule has 1 aliphatic heterocycles. The maximum Gasteiger partial charge on any atom is 0.129 e. The lowest BCUT2D eigenvalue weighted by molar-refractivity contribution is 0.320. The number of halogens is 1. The molecule has 0 fully saturated rings. The number of benzene rings is 1. The fourth-order valence-corrected chi connectivity index (χ4v) is 3.11. The fraction of sp³-hybridized carbons (Fsp3) is 0.273. The first-order chi connectivity index (χ1) is 6.52. The monoisotopic (exact) mass is 226 g/mol. The largest absolute Gasteiger partial charge is 0.378 e. The standard InChI is InChI=1S/C11H11ClOS/c1-5-4-8(12)10-9(6(5)2)7(3)11(13)14-10/h4,11,13H,3H2,1-2H3. The van der Waals surface area contributed by atoms with Crippen molar-refractivity contribution in [3.8, 4) is 0 Å². The van der Waals surface area contributed by atoms with Crippen LogP contribution in [-0.4, -0.2) is 10.5 Å². The SMILES string of the molecule is C=C1c2c(C)c(C)cc(Cl)c2SC1O. The highest BCUT2D eigenvalue weighted by Gasteiger charge is 2.28. The summed E-state index contributed by atoms with van der Waals surface area (Å²) in [5, 5.41) is 10.4. The molecule has 1 aromatic rings. The second kappa shape index (κ2) is 3.30. The molecular formula is C11H11ClOS. The van der Waals surface area contributed by atoms with E-state index in [1.165, 1.54) is 17.3 Å². The summed E-state index contributed by atoms with van der Waals surface area (Å²) >= 11 is 7.48. The predicted octanol–water partition coefficient (Wildman–Crippen LogP) is 3.39. The maximum absolute atomic E-state index is 9.66. The fourth-order valence-electron chi connectivity index (χ4n) is 1.66. The molecule has 2 rings (SSSR count). The van der Waals surface area contributed by atoms with Gasteiger partial charge >= 0.3 is 0 Å². The van der Waals surface area contributed by atoms with E-state index >= 15 is 0 Å². The van der Waals surface area contributed by atoms with Crippen LogP contribution in [0.4, 0.5) is 0 Å². The summed E-state index contributed by atoms with van der Waals surface area (Å²) in [6, 6.07) is 1.94. The minimum atomic E-state index is -0.539. The summed E-state index contributed by atoms with van der Waals surface area (Å²) < 4.78 is 0. The van der Waals surface area contributed by atoms with Gasteiger partial charge in [-0.1, -0.05) is 29.9 Å². The zero-order valence-electron chi connectivity index (χ0n) is 8.10. The first-order valence-corrected chi connectivity index (χ1v) is 5.61. The van der Waals surface area contributed by atoms with E-state index in [0.717, 1.165) is 21.6 Å². The molecule has 1 unspecified atom stereocenters. The van der Waals surface area contributed by atoms with Crippen LogP contribution in [0.5, 0.6) is 0 Å². The quantitative estimate of drug-likeness (QED) is 0.732. The molecule has 0 radical (unpaired) electrons. The summed E-state index contributed by atoms with van der Waals surface area (Å²) in [6.07, 6.45) is 0. The summed E-state index contributed by atoms with van der Waals surface area (Å²) in [4.78, 5) is 0.965. The molecule has 0 aliphatic carbocycles. The predicted molar refractivity (Wildman–Crippen MR) is 61.8 cm³/mol. The Hall–Kier alpha value is -0.440.